The maximum absolute atomic E-state index is 13.7. The minimum atomic E-state index is -0.995. The summed E-state index contributed by atoms with van der Waals surface area (Å²) >= 11 is 6.08. The third kappa shape index (κ3) is 2.51. The Morgan fingerprint density at radius 1 is 0.889 bits per heavy atom. The van der Waals surface area contributed by atoms with Crippen molar-refractivity contribution >= 4 is 11.6 Å². The van der Waals surface area contributed by atoms with Crippen LogP contribution in [0.1, 0.15) is 22.1 Å². The molecule has 0 aliphatic carbocycles. The summed E-state index contributed by atoms with van der Waals surface area (Å²) in [5, 5.41) is -0.847. The zero-order valence-electron chi connectivity index (χ0n) is 9.55. The van der Waals surface area contributed by atoms with Crippen LogP contribution < -0.4 is 0 Å². The van der Waals surface area contributed by atoms with E-state index in [4.69, 9.17) is 11.6 Å². The van der Waals surface area contributed by atoms with Gasteiger partial charge in [-0.2, -0.15) is 0 Å². The van der Waals surface area contributed by atoms with E-state index in [1.165, 1.54) is 12.1 Å². The molecule has 94 valence electrons. The lowest BCUT2D eigenvalue weighted by atomic mass is 10.0. The normalized spacial score (nSPS) is 12.5. The quantitative estimate of drug-likeness (QED) is 0.692. The van der Waals surface area contributed by atoms with Crippen molar-refractivity contribution in [2.45, 2.75) is 12.3 Å². The maximum atomic E-state index is 13.7. The number of rotatable bonds is 2. The van der Waals surface area contributed by atoms with Gasteiger partial charge in [0, 0.05) is 5.56 Å². The molecule has 1 unspecified atom stereocenters. The van der Waals surface area contributed by atoms with Gasteiger partial charge in [0.15, 0.2) is 11.6 Å². The summed E-state index contributed by atoms with van der Waals surface area (Å²) < 4.78 is 39.6. The number of halogens is 4. The lowest BCUT2D eigenvalue weighted by Gasteiger charge is -2.12. The fourth-order valence-electron chi connectivity index (χ4n) is 1.69. The highest BCUT2D eigenvalue weighted by Gasteiger charge is 2.16. The molecule has 18 heavy (non-hydrogen) atoms. The fourth-order valence-corrected chi connectivity index (χ4v) is 2.00. The second-order valence-electron chi connectivity index (χ2n) is 4.06. The zero-order chi connectivity index (χ0) is 13.3. The molecule has 0 saturated heterocycles. The maximum Gasteiger partial charge on any atom is 0.159 e. The van der Waals surface area contributed by atoms with E-state index >= 15 is 0 Å². The summed E-state index contributed by atoms with van der Waals surface area (Å²) in [6.45, 7) is 1.76. The van der Waals surface area contributed by atoms with Gasteiger partial charge in [0.1, 0.15) is 5.82 Å². The SMILES string of the molecule is Cc1ccc(C(Cl)c2ccc(F)c(F)c2)c(F)c1. The molecule has 0 aromatic heterocycles. The summed E-state index contributed by atoms with van der Waals surface area (Å²) in [4.78, 5) is 0. The van der Waals surface area contributed by atoms with Crippen LogP contribution in [0, 0.1) is 24.4 Å². The molecule has 0 aliphatic rings. The first kappa shape index (κ1) is 13.0. The minimum absolute atomic E-state index is 0.244. The molecule has 0 nitrogen and oxygen atoms in total. The molecule has 0 spiro atoms. The van der Waals surface area contributed by atoms with Crippen LogP contribution in [0.15, 0.2) is 36.4 Å². The lowest BCUT2D eigenvalue weighted by Crippen LogP contribution is -1.99. The standard InChI is InChI=1S/C14H10ClF3/c1-8-2-4-10(12(17)6-8)14(15)9-3-5-11(16)13(18)7-9/h2-7,14H,1H3. The molecular formula is C14H10ClF3. The number of benzene rings is 2. The summed E-state index contributed by atoms with van der Waals surface area (Å²) in [6, 6.07) is 7.91. The van der Waals surface area contributed by atoms with Crippen LogP contribution in [0.4, 0.5) is 13.2 Å². The lowest BCUT2D eigenvalue weighted by molar-refractivity contribution is 0.507. The van der Waals surface area contributed by atoms with Crippen molar-refractivity contribution in [3.05, 3.63) is 70.5 Å². The molecule has 0 bridgehead atoms. The van der Waals surface area contributed by atoms with Crippen LogP contribution >= 0.6 is 11.6 Å². The van der Waals surface area contributed by atoms with E-state index in [1.54, 1.807) is 19.1 Å². The molecular weight excluding hydrogens is 261 g/mol. The Balaban J connectivity index is 2.41. The highest BCUT2D eigenvalue weighted by molar-refractivity contribution is 6.22. The van der Waals surface area contributed by atoms with Gasteiger partial charge in [-0.1, -0.05) is 18.2 Å². The molecule has 1 atom stereocenters. The van der Waals surface area contributed by atoms with Crippen LogP contribution in [0.25, 0.3) is 0 Å². The molecule has 0 fully saturated rings. The molecule has 4 heteroatoms. The number of aryl methyl sites for hydroxylation is 1. The summed E-state index contributed by atoms with van der Waals surface area (Å²) in [7, 11) is 0. The van der Waals surface area contributed by atoms with E-state index in [-0.39, 0.29) is 5.56 Å². The van der Waals surface area contributed by atoms with Crippen LogP contribution in [-0.4, -0.2) is 0 Å². The predicted octanol–water partition coefficient (Wildman–Crippen LogP) is 4.74. The third-order valence-corrected chi connectivity index (χ3v) is 3.15. The molecule has 2 rings (SSSR count). The van der Waals surface area contributed by atoms with Gasteiger partial charge in [0.2, 0.25) is 0 Å². The first-order chi connectivity index (χ1) is 8.49. The predicted molar refractivity (Wildman–Crippen MR) is 65.2 cm³/mol. The summed E-state index contributed by atoms with van der Waals surface area (Å²) in [6.07, 6.45) is 0. The van der Waals surface area contributed by atoms with Gasteiger partial charge < -0.3 is 0 Å². The van der Waals surface area contributed by atoms with Gasteiger partial charge in [-0.25, -0.2) is 13.2 Å². The Morgan fingerprint density at radius 2 is 1.61 bits per heavy atom. The highest BCUT2D eigenvalue weighted by atomic mass is 35.5. The van der Waals surface area contributed by atoms with Crippen molar-refractivity contribution in [2.75, 3.05) is 0 Å². The smallest absolute Gasteiger partial charge is 0.159 e. The minimum Gasteiger partial charge on any atom is -0.207 e. The van der Waals surface area contributed by atoms with Crippen molar-refractivity contribution in [1.82, 2.24) is 0 Å². The van der Waals surface area contributed by atoms with Gasteiger partial charge in [-0.15, -0.1) is 11.6 Å². The van der Waals surface area contributed by atoms with Crippen molar-refractivity contribution < 1.29 is 13.2 Å². The Bertz CT molecular complexity index is 581. The zero-order valence-corrected chi connectivity index (χ0v) is 10.3. The van der Waals surface area contributed by atoms with Crippen LogP contribution in [0.3, 0.4) is 0 Å². The van der Waals surface area contributed by atoms with E-state index < -0.39 is 22.8 Å². The van der Waals surface area contributed by atoms with Crippen molar-refractivity contribution in [1.29, 1.82) is 0 Å². The molecule has 0 saturated carbocycles. The van der Waals surface area contributed by atoms with E-state index in [9.17, 15) is 13.2 Å². The first-order valence-corrected chi connectivity index (χ1v) is 5.78. The number of alkyl halides is 1. The van der Waals surface area contributed by atoms with E-state index in [0.29, 0.717) is 5.56 Å². The van der Waals surface area contributed by atoms with Crippen LogP contribution in [0.2, 0.25) is 0 Å². The molecule has 0 aliphatic heterocycles. The summed E-state index contributed by atoms with van der Waals surface area (Å²) in [5.74, 6) is -2.41. The second kappa shape index (κ2) is 5.02. The third-order valence-electron chi connectivity index (χ3n) is 2.67. The van der Waals surface area contributed by atoms with Gasteiger partial charge >= 0.3 is 0 Å². The molecule has 2 aromatic carbocycles. The topological polar surface area (TPSA) is 0 Å². The van der Waals surface area contributed by atoms with Gasteiger partial charge in [0.05, 0.1) is 5.38 Å². The van der Waals surface area contributed by atoms with Gasteiger partial charge in [-0.3, -0.25) is 0 Å². The molecule has 2 aromatic rings. The Labute approximate surface area is 108 Å². The molecule has 0 amide bonds. The Morgan fingerprint density at radius 3 is 2.22 bits per heavy atom. The average Bonchev–Trinajstić information content (AvgIpc) is 2.32. The van der Waals surface area contributed by atoms with E-state index in [1.807, 2.05) is 0 Å². The monoisotopic (exact) mass is 270 g/mol. The van der Waals surface area contributed by atoms with Crippen molar-refractivity contribution in [3.63, 3.8) is 0 Å². The number of hydrogen-bond donors (Lipinski definition) is 0. The van der Waals surface area contributed by atoms with Crippen LogP contribution in [-0.2, 0) is 0 Å². The van der Waals surface area contributed by atoms with Crippen LogP contribution in [0.5, 0.6) is 0 Å². The van der Waals surface area contributed by atoms with Crippen molar-refractivity contribution in [2.24, 2.45) is 0 Å². The highest BCUT2D eigenvalue weighted by Crippen LogP contribution is 2.31. The second-order valence-corrected chi connectivity index (χ2v) is 4.50. The van der Waals surface area contributed by atoms with E-state index in [2.05, 4.69) is 0 Å². The molecule has 0 radical (unpaired) electrons. The van der Waals surface area contributed by atoms with E-state index in [0.717, 1.165) is 17.7 Å². The first-order valence-electron chi connectivity index (χ1n) is 5.34. The number of hydrogen-bond acceptors (Lipinski definition) is 0. The van der Waals surface area contributed by atoms with Gasteiger partial charge in [-0.05, 0) is 36.2 Å². The largest absolute Gasteiger partial charge is 0.207 e. The Hall–Kier alpha value is -1.48. The summed E-state index contributed by atoms with van der Waals surface area (Å²) in [5.41, 5.74) is 1.33. The molecule has 0 N–H and O–H groups in total. The fraction of sp³-hybridized carbons (Fsp3) is 0.143. The average molecular weight is 271 g/mol. The van der Waals surface area contributed by atoms with Crippen molar-refractivity contribution in [3.8, 4) is 0 Å². The molecule has 0 heterocycles. The Kier molecular flexibility index (Phi) is 3.62. The van der Waals surface area contributed by atoms with Gasteiger partial charge in [0.25, 0.3) is 0 Å².